The molecule has 35 heavy (non-hydrogen) atoms. The Morgan fingerprint density at radius 1 is 0.943 bits per heavy atom. The summed E-state index contributed by atoms with van der Waals surface area (Å²) in [7, 11) is 0. The average molecular weight is 475 g/mol. The molecule has 0 spiro atoms. The number of carbonyl (C=O) groups excluding carboxylic acids is 2. The third-order valence-electron chi connectivity index (χ3n) is 6.37. The molecule has 2 aromatic carbocycles. The first-order chi connectivity index (χ1) is 17.0. The Balaban J connectivity index is 1.51. The Morgan fingerprint density at radius 2 is 1.71 bits per heavy atom. The van der Waals surface area contributed by atoms with Gasteiger partial charge in [0, 0.05) is 25.3 Å². The van der Waals surface area contributed by atoms with Crippen LogP contribution >= 0.6 is 0 Å². The van der Waals surface area contributed by atoms with Crippen LogP contribution in [0.25, 0.3) is 0 Å². The Labute approximate surface area is 207 Å². The highest BCUT2D eigenvalue weighted by atomic mass is 16.5. The lowest BCUT2D eigenvalue weighted by Gasteiger charge is -2.29. The molecule has 184 valence electrons. The second-order valence-electron chi connectivity index (χ2n) is 9.25. The van der Waals surface area contributed by atoms with Crippen LogP contribution in [0.5, 0.6) is 0 Å². The van der Waals surface area contributed by atoms with Gasteiger partial charge >= 0.3 is 0 Å². The van der Waals surface area contributed by atoms with Gasteiger partial charge in [0.15, 0.2) is 0 Å². The van der Waals surface area contributed by atoms with E-state index in [4.69, 9.17) is 9.15 Å². The van der Waals surface area contributed by atoms with Crippen molar-refractivity contribution in [3.63, 3.8) is 0 Å². The quantitative estimate of drug-likeness (QED) is 0.424. The van der Waals surface area contributed by atoms with E-state index in [2.05, 4.69) is 12.1 Å². The standard InChI is InChI=1S/C29H34N2O4/c1-22-10-13-25(14-11-22)29(33)31(19-26-9-6-18-34-26)21-28(32)30(20-27-15-12-23(2)35-27)17-16-24-7-4-3-5-8-24/h3-5,7-8,10-15,26H,6,9,16-21H2,1-2H3/t26-/m0/s1. The molecule has 2 heterocycles. The minimum Gasteiger partial charge on any atom is -0.464 e. The summed E-state index contributed by atoms with van der Waals surface area (Å²) in [5.41, 5.74) is 2.83. The lowest BCUT2D eigenvalue weighted by molar-refractivity contribution is -0.133. The summed E-state index contributed by atoms with van der Waals surface area (Å²) in [6.45, 7) is 5.89. The maximum Gasteiger partial charge on any atom is 0.254 e. The van der Waals surface area contributed by atoms with Gasteiger partial charge in [0.2, 0.25) is 5.91 Å². The van der Waals surface area contributed by atoms with E-state index < -0.39 is 0 Å². The Bertz CT molecular complexity index is 1100. The van der Waals surface area contributed by atoms with Crippen LogP contribution in [0.15, 0.2) is 71.1 Å². The van der Waals surface area contributed by atoms with E-state index in [-0.39, 0.29) is 24.5 Å². The highest BCUT2D eigenvalue weighted by molar-refractivity contribution is 5.96. The van der Waals surface area contributed by atoms with E-state index in [1.165, 1.54) is 0 Å². The molecule has 0 saturated carbocycles. The fourth-order valence-corrected chi connectivity index (χ4v) is 4.35. The molecule has 6 nitrogen and oxygen atoms in total. The highest BCUT2D eigenvalue weighted by Gasteiger charge is 2.27. The first kappa shape index (κ1) is 24.7. The summed E-state index contributed by atoms with van der Waals surface area (Å²) in [5, 5.41) is 0. The van der Waals surface area contributed by atoms with Gasteiger partial charge in [-0.3, -0.25) is 9.59 Å². The molecule has 0 N–H and O–H groups in total. The zero-order valence-corrected chi connectivity index (χ0v) is 20.6. The van der Waals surface area contributed by atoms with Gasteiger partial charge < -0.3 is 19.0 Å². The van der Waals surface area contributed by atoms with Crippen LogP contribution in [-0.2, 0) is 22.5 Å². The van der Waals surface area contributed by atoms with Crippen LogP contribution in [0.3, 0.4) is 0 Å². The molecule has 1 aliphatic rings. The van der Waals surface area contributed by atoms with Gasteiger partial charge in [0.1, 0.15) is 18.1 Å². The molecular weight excluding hydrogens is 440 g/mol. The van der Waals surface area contributed by atoms with E-state index >= 15 is 0 Å². The maximum atomic E-state index is 13.6. The number of benzene rings is 2. The first-order valence-corrected chi connectivity index (χ1v) is 12.3. The van der Waals surface area contributed by atoms with Crippen LogP contribution in [0, 0.1) is 13.8 Å². The van der Waals surface area contributed by atoms with Gasteiger partial charge in [0.05, 0.1) is 12.6 Å². The van der Waals surface area contributed by atoms with Crippen LogP contribution in [0.1, 0.15) is 45.8 Å². The zero-order valence-electron chi connectivity index (χ0n) is 20.6. The Kier molecular flexibility index (Phi) is 8.37. The zero-order chi connectivity index (χ0) is 24.6. The van der Waals surface area contributed by atoms with Crippen molar-refractivity contribution in [3.8, 4) is 0 Å². The first-order valence-electron chi connectivity index (χ1n) is 12.3. The minimum atomic E-state index is -0.147. The number of hydrogen-bond acceptors (Lipinski definition) is 4. The molecule has 1 atom stereocenters. The van der Waals surface area contributed by atoms with Gasteiger partial charge in [-0.25, -0.2) is 0 Å². The van der Waals surface area contributed by atoms with Crippen LogP contribution in [0.4, 0.5) is 0 Å². The molecule has 6 heteroatoms. The molecule has 2 amide bonds. The predicted octanol–water partition coefficient (Wildman–Crippen LogP) is 4.79. The number of aryl methyl sites for hydroxylation is 2. The highest BCUT2D eigenvalue weighted by Crippen LogP contribution is 2.17. The Morgan fingerprint density at radius 3 is 2.37 bits per heavy atom. The Hall–Kier alpha value is -3.38. The predicted molar refractivity (Wildman–Crippen MR) is 135 cm³/mol. The van der Waals surface area contributed by atoms with E-state index in [1.807, 2.05) is 68.4 Å². The van der Waals surface area contributed by atoms with Crippen LogP contribution in [0.2, 0.25) is 0 Å². The summed E-state index contributed by atoms with van der Waals surface area (Å²) in [4.78, 5) is 30.5. The molecule has 1 aromatic heterocycles. The second-order valence-corrected chi connectivity index (χ2v) is 9.25. The number of rotatable bonds is 10. The third-order valence-corrected chi connectivity index (χ3v) is 6.37. The minimum absolute atomic E-state index is 0.00104. The van der Waals surface area contributed by atoms with Crippen molar-refractivity contribution in [2.45, 2.75) is 45.8 Å². The maximum absolute atomic E-state index is 13.6. The van der Waals surface area contributed by atoms with E-state index in [0.717, 1.165) is 41.9 Å². The number of nitrogens with zero attached hydrogens (tertiary/aromatic N) is 2. The van der Waals surface area contributed by atoms with Crippen molar-refractivity contribution in [2.24, 2.45) is 0 Å². The van der Waals surface area contributed by atoms with E-state index in [9.17, 15) is 9.59 Å². The van der Waals surface area contributed by atoms with Crippen LogP contribution in [-0.4, -0.2) is 54.0 Å². The van der Waals surface area contributed by atoms with Crippen molar-refractivity contribution < 1.29 is 18.7 Å². The molecule has 1 saturated heterocycles. The van der Waals surface area contributed by atoms with Gasteiger partial charge in [-0.1, -0.05) is 48.0 Å². The van der Waals surface area contributed by atoms with Gasteiger partial charge in [-0.2, -0.15) is 0 Å². The number of hydrogen-bond donors (Lipinski definition) is 0. The van der Waals surface area contributed by atoms with Crippen molar-refractivity contribution in [3.05, 3.63) is 94.9 Å². The summed E-state index contributed by atoms with van der Waals surface area (Å²) in [5.74, 6) is 1.30. The lowest BCUT2D eigenvalue weighted by Crippen LogP contribution is -2.46. The number of furan rings is 1. The second kappa shape index (κ2) is 11.8. The molecular formula is C29H34N2O4. The molecule has 0 unspecified atom stereocenters. The van der Waals surface area contributed by atoms with Crippen LogP contribution < -0.4 is 0 Å². The fourth-order valence-electron chi connectivity index (χ4n) is 4.35. The number of amides is 2. The van der Waals surface area contributed by atoms with Gasteiger partial charge in [-0.05, 0) is 62.9 Å². The average Bonchev–Trinajstić information content (AvgIpc) is 3.53. The molecule has 4 rings (SSSR count). The molecule has 0 bridgehead atoms. The lowest BCUT2D eigenvalue weighted by atomic mass is 10.1. The fraction of sp³-hybridized carbons (Fsp3) is 0.379. The molecule has 1 aliphatic heterocycles. The van der Waals surface area contributed by atoms with Gasteiger partial charge in [-0.15, -0.1) is 0 Å². The smallest absolute Gasteiger partial charge is 0.254 e. The van der Waals surface area contributed by atoms with E-state index in [0.29, 0.717) is 31.8 Å². The molecule has 3 aromatic rings. The van der Waals surface area contributed by atoms with Crippen molar-refractivity contribution >= 4 is 11.8 Å². The van der Waals surface area contributed by atoms with Gasteiger partial charge in [0.25, 0.3) is 5.91 Å². The molecule has 0 aliphatic carbocycles. The monoisotopic (exact) mass is 474 g/mol. The molecule has 1 fully saturated rings. The summed E-state index contributed by atoms with van der Waals surface area (Å²) in [6, 6.07) is 21.4. The van der Waals surface area contributed by atoms with Crippen molar-refractivity contribution in [1.29, 1.82) is 0 Å². The largest absolute Gasteiger partial charge is 0.464 e. The summed E-state index contributed by atoms with van der Waals surface area (Å²) >= 11 is 0. The topological polar surface area (TPSA) is 63.0 Å². The summed E-state index contributed by atoms with van der Waals surface area (Å²) < 4.78 is 11.6. The normalized spacial score (nSPS) is 15.2. The summed E-state index contributed by atoms with van der Waals surface area (Å²) in [6.07, 6.45) is 2.56. The number of carbonyl (C=O) groups is 2. The third kappa shape index (κ3) is 7.06. The van der Waals surface area contributed by atoms with Crippen molar-refractivity contribution in [2.75, 3.05) is 26.2 Å². The SMILES string of the molecule is Cc1ccc(C(=O)N(CC(=O)N(CCc2ccccc2)Cc2ccc(C)o2)C[C@@H]2CCCO2)cc1. The van der Waals surface area contributed by atoms with E-state index in [1.54, 1.807) is 9.80 Å². The number of ether oxygens (including phenoxy) is 1. The van der Waals surface area contributed by atoms with Crippen molar-refractivity contribution in [1.82, 2.24) is 9.80 Å². The molecule has 0 radical (unpaired) electrons.